The molecule has 324 valence electrons. The van der Waals surface area contributed by atoms with Crippen LogP contribution in [-0.4, -0.2) is 90.1 Å². The Hall–Kier alpha value is -5.23. The zero-order valence-corrected chi connectivity index (χ0v) is 36.5. The van der Waals surface area contributed by atoms with Crippen molar-refractivity contribution in [2.75, 3.05) is 44.3 Å². The maximum absolute atomic E-state index is 12.6. The fourth-order valence-electron chi connectivity index (χ4n) is 6.60. The summed E-state index contributed by atoms with van der Waals surface area (Å²) < 4.78 is 67.7. The zero-order chi connectivity index (χ0) is 43.9. The van der Waals surface area contributed by atoms with Crippen molar-refractivity contribution in [1.29, 1.82) is 0 Å². The van der Waals surface area contributed by atoms with E-state index in [1.165, 1.54) is 18.2 Å². The molecule has 0 fully saturated rings. The van der Waals surface area contributed by atoms with Gasteiger partial charge in [-0.25, -0.2) is 46.3 Å². The fourth-order valence-corrected chi connectivity index (χ4v) is 7.68. The van der Waals surface area contributed by atoms with E-state index >= 15 is 0 Å². The molecular weight excluding hydrogens is 813 g/mol. The topological polar surface area (TPSA) is 228 Å². The van der Waals surface area contributed by atoms with Crippen molar-refractivity contribution in [3.63, 3.8) is 0 Å². The van der Waals surface area contributed by atoms with Crippen LogP contribution < -0.4 is 24.7 Å². The van der Waals surface area contributed by atoms with Gasteiger partial charge in [-0.1, -0.05) is 24.3 Å². The second-order valence-electron chi connectivity index (χ2n) is 14.4. The highest BCUT2D eigenvalue weighted by molar-refractivity contribution is 7.90. The van der Waals surface area contributed by atoms with Crippen molar-refractivity contribution in [2.24, 2.45) is 10.1 Å². The highest BCUT2D eigenvalue weighted by Crippen LogP contribution is 2.40. The van der Waals surface area contributed by atoms with Gasteiger partial charge in [0.1, 0.15) is 0 Å². The molecule has 60 heavy (non-hydrogen) atoms. The van der Waals surface area contributed by atoms with Gasteiger partial charge in [-0.15, -0.1) is 0 Å². The van der Waals surface area contributed by atoms with Gasteiger partial charge in [-0.3, -0.25) is 0 Å². The summed E-state index contributed by atoms with van der Waals surface area (Å²) in [6, 6.07) is 14.7. The molecule has 16 nitrogen and oxygen atoms in total. The number of ether oxygens (including phenoxy) is 4. The molecule has 2 aromatic carbocycles. The number of nitrogens with one attached hydrogen (secondary N) is 2. The van der Waals surface area contributed by atoms with E-state index in [1.807, 2.05) is 64.1 Å². The predicted octanol–water partition coefficient (Wildman–Crippen LogP) is 6.04. The van der Waals surface area contributed by atoms with Crippen molar-refractivity contribution in [3.8, 4) is 34.0 Å². The molecule has 4 aromatic rings. The van der Waals surface area contributed by atoms with E-state index in [0.29, 0.717) is 17.4 Å². The van der Waals surface area contributed by atoms with Crippen molar-refractivity contribution in [2.45, 2.75) is 78.4 Å². The largest absolute Gasteiger partial charge is 0.481 e. The number of carbonyl (C=O) groups excluding carboxylic acids is 2. The van der Waals surface area contributed by atoms with Crippen molar-refractivity contribution >= 4 is 43.5 Å². The Kier molecular flexibility index (Phi) is 17.7. The van der Waals surface area contributed by atoms with Crippen molar-refractivity contribution in [3.05, 3.63) is 83.2 Å². The van der Waals surface area contributed by atoms with Gasteiger partial charge in [0.2, 0.25) is 37.9 Å². The summed E-state index contributed by atoms with van der Waals surface area (Å²) in [4.78, 5) is 35.5. The predicted molar refractivity (Wildman–Crippen MR) is 230 cm³/mol. The number of rotatable bonds is 15. The number of nitrogens with zero attached hydrogens (tertiary/aromatic N) is 3. The molecule has 0 radical (unpaired) electrons. The Bertz CT molecular complexity index is 2370. The minimum absolute atomic E-state index is 0.0169. The molecule has 18 heteroatoms. The lowest BCUT2D eigenvalue weighted by Gasteiger charge is -2.17. The van der Waals surface area contributed by atoms with Gasteiger partial charge in [-0.2, -0.15) is 4.99 Å². The number of hydrogen-bond donors (Lipinski definition) is 3. The number of nitrogens with two attached hydrogens (primary N) is 1. The maximum Gasteiger partial charge on any atom is 0.332 e. The Morgan fingerprint density at radius 2 is 1.28 bits per heavy atom. The van der Waals surface area contributed by atoms with Crippen molar-refractivity contribution in [1.82, 2.24) is 14.7 Å². The molecule has 2 aromatic heterocycles. The Labute approximate surface area is 352 Å². The van der Waals surface area contributed by atoms with Crippen LogP contribution in [0, 0.1) is 0 Å². The standard InChI is InChI=1S/C21H27N3O5S.C16H14N2O2.C5H13NO3S/c1-14(2)29-11-12-30(26,27)24-21(25)23-20-17-6-4-5-15(17)7-8-18(20)16-9-10-22-19(13-16)28-3;1-20-15-9-12(7-8-17-15)14-6-5-11-3-2-4-13(11)16(14)18-10-19;1-5(2)9-3-4-10(6,7)8/h7-10,13-14H,4-6,11-12H2,1-3H3,(H2,23,24,25);5-9H,2-4H2,1H3;5H,3-4H2,1-2H3,(H2,6,7,8). The average molecular weight is 867 g/mol. The molecule has 2 amide bonds. The molecule has 0 spiro atoms. The van der Waals surface area contributed by atoms with E-state index in [0.717, 1.165) is 77.6 Å². The van der Waals surface area contributed by atoms with Gasteiger partial charge in [0.15, 0.2) is 0 Å². The zero-order valence-electron chi connectivity index (χ0n) is 34.8. The summed E-state index contributed by atoms with van der Waals surface area (Å²) in [7, 11) is -4.04. The number of primary sulfonamides is 1. The highest BCUT2D eigenvalue weighted by Gasteiger charge is 2.23. The molecule has 6 rings (SSSR count). The van der Waals surface area contributed by atoms with E-state index in [2.05, 4.69) is 31.1 Å². The van der Waals surface area contributed by atoms with Crippen molar-refractivity contribution < 1.29 is 45.4 Å². The number of benzene rings is 2. The molecule has 0 bridgehead atoms. The second-order valence-corrected chi connectivity index (χ2v) is 18.0. The molecule has 0 saturated carbocycles. The number of hydrogen-bond acceptors (Lipinski definition) is 13. The monoisotopic (exact) mass is 866 g/mol. The number of urea groups is 1. The van der Waals surface area contributed by atoms with Crippen LogP contribution in [0.2, 0.25) is 0 Å². The summed E-state index contributed by atoms with van der Waals surface area (Å²) in [5, 5.41) is 7.48. The van der Waals surface area contributed by atoms with Crippen LogP contribution in [-0.2, 0) is 60.0 Å². The number of aliphatic imine (C=N–C) groups is 1. The number of carbonyl (C=O) groups is 1. The molecule has 2 aliphatic rings. The molecule has 0 saturated heterocycles. The first-order chi connectivity index (χ1) is 28.5. The van der Waals surface area contributed by atoms with Crippen LogP contribution >= 0.6 is 0 Å². The summed E-state index contributed by atoms with van der Waals surface area (Å²) in [5.41, 5.74) is 9.46. The summed E-state index contributed by atoms with van der Waals surface area (Å²) in [5.74, 6) is 0.602. The molecule has 0 unspecified atom stereocenters. The van der Waals surface area contributed by atoms with E-state index < -0.39 is 26.1 Å². The average Bonchev–Trinajstić information content (AvgIpc) is 3.89. The SMILES string of the molecule is CC(C)OCCS(N)(=O)=O.COc1cc(-c2ccc3c(c2N=C=O)CCC3)ccn1.COc1cc(-c2ccc3c(c2NC(=O)NS(=O)(=O)CCOC(C)C)CCC3)ccn1. The van der Waals surface area contributed by atoms with Crippen LogP contribution in [0.25, 0.3) is 22.3 Å². The number of aryl methyl sites for hydroxylation is 2. The van der Waals surface area contributed by atoms with E-state index in [4.69, 9.17) is 24.1 Å². The first kappa shape index (κ1) is 47.4. The maximum atomic E-state index is 12.6. The molecule has 2 aliphatic carbocycles. The van der Waals surface area contributed by atoms with Crippen LogP contribution in [0.15, 0.2) is 65.9 Å². The number of sulfonamides is 2. The molecule has 2 heterocycles. The van der Waals surface area contributed by atoms with E-state index in [1.54, 1.807) is 31.6 Å². The summed E-state index contributed by atoms with van der Waals surface area (Å²) >= 11 is 0. The lowest BCUT2D eigenvalue weighted by molar-refractivity contribution is 0.0909. The normalized spacial score (nSPS) is 12.9. The minimum Gasteiger partial charge on any atom is -0.481 e. The minimum atomic E-state index is -3.82. The number of methoxy groups -OCH3 is 2. The number of aromatic nitrogens is 2. The number of fused-ring (bicyclic) bond motifs is 2. The van der Waals surface area contributed by atoms with Gasteiger partial charge in [-0.05, 0) is 112 Å². The molecule has 0 aliphatic heterocycles. The van der Waals surface area contributed by atoms with Crippen LogP contribution in [0.4, 0.5) is 16.2 Å². The van der Waals surface area contributed by atoms with Gasteiger partial charge >= 0.3 is 6.03 Å². The third-order valence-electron chi connectivity index (χ3n) is 9.31. The first-order valence-electron chi connectivity index (χ1n) is 19.5. The quantitative estimate of drug-likeness (QED) is 0.0919. The van der Waals surface area contributed by atoms with Gasteiger partial charge in [0, 0.05) is 35.7 Å². The smallest absolute Gasteiger partial charge is 0.332 e. The highest BCUT2D eigenvalue weighted by atomic mass is 32.2. The first-order valence-corrected chi connectivity index (χ1v) is 22.8. The third-order valence-corrected chi connectivity index (χ3v) is 11.2. The van der Waals surface area contributed by atoms with Gasteiger partial charge in [0.05, 0.1) is 62.5 Å². The molecule has 0 atom stereocenters. The summed E-state index contributed by atoms with van der Waals surface area (Å²) in [6.07, 6.45) is 10.8. The number of isocyanates is 1. The van der Waals surface area contributed by atoms with Crippen LogP contribution in [0.1, 0.15) is 62.8 Å². The fraction of sp³-hybridized carbons (Fsp3) is 0.429. The third kappa shape index (κ3) is 14.5. The number of pyridine rings is 2. The lowest BCUT2D eigenvalue weighted by Crippen LogP contribution is -2.37. The van der Waals surface area contributed by atoms with E-state index in [-0.39, 0.29) is 36.9 Å². The lowest BCUT2D eigenvalue weighted by atomic mass is 9.98. The second kappa shape index (κ2) is 22.4. The number of amides is 2. The van der Waals surface area contributed by atoms with E-state index in [9.17, 15) is 26.4 Å². The molecular formula is C42H54N6O10S2. The van der Waals surface area contributed by atoms with Crippen LogP contribution in [0.3, 0.4) is 0 Å². The Morgan fingerprint density at radius 3 is 1.82 bits per heavy atom. The van der Waals surface area contributed by atoms with Gasteiger partial charge in [0.25, 0.3) is 0 Å². The Balaban J connectivity index is 0.000000226. The Morgan fingerprint density at radius 1 is 0.767 bits per heavy atom. The summed E-state index contributed by atoms with van der Waals surface area (Å²) in [6.45, 7) is 7.50. The van der Waals surface area contributed by atoms with Crippen LogP contribution in [0.5, 0.6) is 11.8 Å². The number of anilines is 1. The van der Waals surface area contributed by atoms with Gasteiger partial charge < -0.3 is 24.3 Å². The molecule has 4 N–H and O–H groups in total.